The summed E-state index contributed by atoms with van der Waals surface area (Å²) in [7, 11) is 0. The van der Waals surface area contributed by atoms with Crippen LogP contribution in [0.2, 0.25) is 5.02 Å². The topological polar surface area (TPSA) is 49.4 Å². The van der Waals surface area contributed by atoms with Gasteiger partial charge in [0.2, 0.25) is 5.91 Å². The molecule has 0 spiro atoms. The highest BCUT2D eigenvalue weighted by Crippen LogP contribution is 2.24. The number of rotatable bonds is 3. The van der Waals surface area contributed by atoms with Crippen LogP contribution in [0, 0.1) is 0 Å². The Morgan fingerprint density at radius 2 is 2.00 bits per heavy atom. The first kappa shape index (κ1) is 16.0. The van der Waals surface area contributed by atoms with E-state index in [1.807, 2.05) is 4.90 Å². The lowest BCUT2D eigenvalue weighted by Gasteiger charge is -2.29. The van der Waals surface area contributed by atoms with E-state index in [2.05, 4.69) is 16.8 Å². The summed E-state index contributed by atoms with van der Waals surface area (Å²) in [6, 6.07) is 8.12. The van der Waals surface area contributed by atoms with E-state index in [1.54, 1.807) is 42.5 Å². The number of fused-ring (bicyclic) bond motifs is 1. The lowest BCUT2D eigenvalue weighted by atomic mass is 10.1. The number of hydrogen-bond acceptors (Lipinski definition) is 3. The molecule has 1 aliphatic rings. The van der Waals surface area contributed by atoms with Crippen molar-refractivity contribution in [3.63, 3.8) is 0 Å². The molecule has 120 valence electrons. The molecule has 1 aromatic carbocycles. The molecular weight excluding hydrogens is 332 g/mol. The number of carbonyl (C=O) groups is 2. The summed E-state index contributed by atoms with van der Waals surface area (Å²) in [6.45, 7) is 3.05. The van der Waals surface area contributed by atoms with Crippen molar-refractivity contribution in [2.75, 3.05) is 6.54 Å². The minimum Gasteiger partial charge on any atom is -0.341 e. The van der Waals surface area contributed by atoms with E-state index in [-0.39, 0.29) is 11.8 Å². The number of hydrogen-bond donors (Lipinski definition) is 1. The Balaban J connectivity index is 1.62. The van der Waals surface area contributed by atoms with Gasteiger partial charge in [0.15, 0.2) is 0 Å². The zero-order valence-electron chi connectivity index (χ0n) is 12.7. The monoisotopic (exact) mass is 348 g/mol. The predicted molar refractivity (Wildman–Crippen MR) is 91.8 cm³/mol. The summed E-state index contributed by atoms with van der Waals surface area (Å²) >= 11 is 7.55. The average Bonchev–Trinajstić information content (AvgIpc) is 3.02. The quantitative estimate of drug-likeness (QED) is 0.926. The van der Waals surface area contributed by atoms with Gasteiger partial charge in [0, 0.05) is 28.6 Å². The Morgan fingerprint density at radius 3 is 2.74 bits per heavy atom. The molecule has 3 rings (SSSR count). The van der Waals surface area contributed by atoms with Crippen molar-refractivity contribution in [2.45, 2.75) is 25.9 Å². The highest BCUT2D eigenvalue weighted by molar-refractivity contribution is 7.10. The zero-order valence-corrected chi connectivity index (χ0v) is 14.3. The molecule has 1 atom stereocenters. The van der Waals surface area contributed by atoms with Crippen LogP contribution in [-0.2, 0) is 17.8 Å². The van der Waals surface area contributed by atoms with Crippen LogP contribution in [0.15, 0.2) is 35.7 Å². The standard InChI is InChI=1S/C17H17ClN2O2S/c1-11(19-16(21)12-2-4-14(18)5-3-12)17(22)20-8-6-15-13(10-20)7-9-23-15/h2-5,7,9,11H,6,8,10H2,1H3,(H,19,21). The molecule has 0 saturated heterocycles. The fourth-order valence-corrected chi connectivity index (χ4v) is 3.67. The summed E-state index contributed by atoms with van der Waals surface area (Å²) in [6.07, 6.45) is 0.886. The van der Waals surface area contributed by atoms with Crippen LogP contribution in [0.3, 0.4) is 0 Å². The molecule has 1 N–H and O–H groups in total. The molecule has 2 amide bonds. The maximum absolute atomic E-state index is 12.5. The first-order chi connectivity index (χ1) is 11.0. The van der Waals surface area contributed by atoms with Crippen LogP contribution < -0.4 is 5.32 Å². The summed E-state index contributed by atoms with van der Waals surface area (Å²) in [5, 5.41) is 5.39. The first-order valence-corrected chi connectivity index (χ1v) is 8.71. The van der Waals surface area contributed by atoms with Gasteiger partial charge in [-0.05, 0) is 54.6 Å². The minimum absolute atomic E-state index is 0.0517. The van der Waals surface area contributed by atoms with Crippen molar-refractivity contribution < 1.29 is 9.59 Å². The molecule has 2 heterocycles. The van der Waals surface area contributed by atoms with Gasteiger partial charge in [-0.2, -0.15) is 0 Å². The number of amides is 2. The van der Waals surface area contributed by atoms with E-state index in [1.165, 1.54) is 10.4 Å². The third kappa shape index (κ3) is 3.57. The molecule has 23 heavy (non-hydrogen) atoms. The van der Waals surface area contributed by atoms with Crippen molar-refractivity contribution in [3.05, 3.63) is 56.7 Å². The lowest BCUT2D eigenvalue weighted by molar-refractivity contribution is -0.133. The molecule has 4 nitrogen and oxygen atoms in total. The van der Waals surface area contributed by atoms with Crippen LogP contribution in [-0.4, -0.2) is 29.3 Å². The van der Waals surface area contributed by atoms with E-state index in [4.69, 9.17) is 11.6 Å². The summed E-state index contributed by atoms with van der Waals surface area (Å²) in [5.41, 5.74) is 1.71. The van der Waals surface area contributed by atoms with Gasteiger partial charge in [0.05, 0.1) is 0 Å². The van der Waals surface area contributed by atoms with Crippen molar-refractivity contribution in [1.82, 2.24) is 10.2 Å². The van der Waals surface area contributed by atoms with Crippen LogP contribution in [0.25, 0.3) is 0 Å². The minimum atomic E-state index is -0.557. The van der Waals surface area contributed by atoms with Gasteiger partial charge in [-0.1, -0.05) is 11.6 Å². The van der Waals surface area contributed by atoms with Crippen LogP contribution >= 0.6 is 22.9 Å². The van der Waals surface area contributed by atoms with E-state index >= 15 is 0 Å². The van der Waals surface area contributed by atoms with E-state index in [0.717, 1.165) is 6.42 Å². The molecule has 1 aromatic heterocycles. The lowest BCUT2D eigenvalue weighted by Crippen LogP contribution is -2.48. The van der Waals surface area contributed by atoms with Crippen molar-refractivity contribution in [2.24, 2.45) is 0 Å². The number of benzene rings is 1. The second kappa shape index (κ2) is 6.72. The molecule has 0 radical (unpaired) electrons. The molecule has 0 aliphatic carbocycles. The Labute approximate surface area is 144 Å². The Bertz CT molecular complexity index is 726. The fraction of sp³-hybridized carbons (Fsp3) is 0.294. The number of nitrogens with zero attached hydrogens (tertiary/aromatic N) is 1. The first-order valence-electron chi connectivity index (χ1n) is 7.45. The largest absolute Gasteiger partial charge is 0.341 e. The molecule has 0 bridgehead atoms. The molecule has 1 aliphatic heterocycles. The number of halogens is 1. The second-order valence-corrected chi connectivity index (χ2v) is 7.02. The van der Waals surface area contributed by atoms with Gasteiger partial charge >= 0.3 is 0 Å². The maximum Gasteiger partial charge on any atom is 0.251 e. The van der Waals surface area contributed by atoms with Gasteiger partial charge < -0.3 is 10.2 Å². The number of nitrogens with one attached hydrogen (secondary N) is 1. The SMILES string of the molecule is CC(NC(=O)c1ccc(Cl)cc1)C(=O)N1CCc2sccc2C1. The zero-order chi connectivity index (χ0) is 16.4. The number of thiophene rings is 1. The van der Waals surface area contributed by atoms with E-state index in [9.17, 15) is 9.59 Å². The number of carbonyl (C=O) groups excluding carboxylic acids is 2. The summed E-state index contributed by atoms with van der Waals surface area (Å²) in [5.74, 6) is -0.320. The molecular formula is C17H17ClN2O2S. The predicted octanol–water partition coefficient (Wildman–Crippen LogP) is 3.10. The Kier molecular flexibility index (Phi) is 4.68. The molecule has 1 unspecified atom stereocenters. The Morgan fingerprint density at radius 1 is 1.26 bits per heavy atom. The normalized spacial score (nSPS) is 15.0. The van der Waals surface area contributed by atoms with E-state index < -0.39 is 6.04 Å². The highest BCUT2D eigenvalue weighted by Gasteiger charge is 2.26. The van der Waals surface area contributed by atoms with Crippen molar-refractivity contribution in [3.8, 4) is 0 Å². The summed E-state index contributed by atoms with van der Waals surface area (Å²) in [4.78, 5) is 27.9. The van der Waals surface area contributed by atoms with Crippen LogP contribution in [0.5, 0.6) is 0 Å². The maximum atomic E-state index is 12.5. The van der Waals surface area contributed by atoms with E-state index in [0.29, 0.717) is 23.7 Å². The van der Waals surface area contributed by atoms with Crippen molar-refractivity contribution in [1.29, 1.82) is 0 Å². The van der Waals surface area contributed by atoms with Crippen LogP contribution in [0.4, 0.5) is 0 Å². The van der Waals surface area contributed by atoms with Gasteiger partial charge in [-0.25, -0.2) is 0 Å². The highest BCUT2D eigenvalue weighted by atomic mass is 35.5. The summed E-state index contributed by atoms with van der Waals surface area (Å²) < 4.78 is 0. The average molecular weight is 349 g/mol. The third-order valence-electron chi connectivity index (χ3n) is 3.94. The van der Waals surface area contributed by atoms with Gasteiger partial charge in [-0.3, -0.25) is 9.59 Å². The van der Waals surface area contributed by atoms with Crippen molar-refractivity contribution >= 4 is 34.8 Å². The second-order valence-electron chi connectivity index (χ2n) is 5.58. The van der Waals surface area contributed by atoms with Gasteiger partial charge in [-0.15, -0.1) is 11.3 Å². The molecule has 2 aromatic rings. The smallest absolute Gasteiger partial charge is 0.251 e. The van der Waals surface area contributed by atoms with Gasteiger partial charge in [0.1, 0.15) is 6.04 Å². The Hall–Kier alpha value is -1.85. The third-order valence-corrected chi connectivity index (χ3v) is 5.22. The van der Waals surface area contributed by atoms with Crippen LogP contribution in [0.1, 0.15) is 27.7 Å². The fourth-order valence-electron chi connectivity index (χ4n) is 2.65. The van der Waals surface area contributed by atoms with Gasteiger partial charge in [0.25, 0.3) is 5.91 Å². The molecule has 6 heteroatoms. The molecule has 0 saturated carbocycles. The molecule has 0 fully saturated rings.